The monoisotopic (exact) mass is 246 g/mol. The number of carbonyl (C=O) groups excluding carboxylic acids is 3. The van der Waals surface area contributed by atoms with Crippen molar-refractivity contribution < 1.29 is 19.1 Å². The van der Waals surface area contributed by atoms with E-state index in [2.05, 4.69) is 0 Å². The Labute approximate surface area is 105 Å². The minimum absolute atomic E-state index is 0.000289. The molecule has 1 aliphatic carbocycles. The Hall–Kier alpha value is -1.97. The highest BCUT2D eigenvalue weighted by Gasteiger charge is 2.26. The van der Waals surface area contributed by atoms with E-state index in [1.807, 2.05) is 0 Å². The second-order valence-electron chi connectivity index (χ2n) is 4.52. The van der Waals surface area contributed by atoms with Crippen molar-refractivity contribution in [1.29, 1.82) is 0 Å². The predicted molar refractivity (Wildman–Crippen MR) is 64.4 cm³/mol. The van der Waals surface area contributed by atoms with Crippen molar-refractivity contribution in [3.05, 3.63) is 29.8 Å². The number of carbonyl (C=O) groups is 3. The summed E-state index contributed by atoms with van der Waals surface area (Å²) < 4.78 is 4.93. The lowest BCUT2D eigenvalue weighted by Gasteiger charge is -2.20. The molecule has 0 N–H and O–H groups in total. The average molecular weight is 246 g/mol. The predicted octanol–water partition coefficient (Wildman–Crippen LogP) is 2.02. The van der Waals surface area contributed by atoms with Crippen molar-refractivity contribution in [2.24, 2.45) is 0 Å². The minimum atomic E-state index is -0.370. The van der Waals surface area contributed by atoms with Crippen LogP contribution in [0.3, 0.4) is 0 Å². The Balaban J connectivity index is 2.11. The molecule has 0 aliphatic heterocycles. The molecule has 18 heavy (non-hydrogen) atoms. The van der Waals surface area contributed by atoms with Crippen LogP contribution < -0.4 is 4.74 Å². The number of Topliss-reactive ketones (excluding diaryl/α,β-unsaturated/α-hetero) is 2. The van der Waals surface area contributed by atoms with Gasteiger partial charge in [-0.1, -0.05) is 12.1 Å². The Kier molecular flexibility index (Phi) is 3.55. The van der Waals surface area contributed by atoms with Crippen molar-refractivity contribution in [2.45, 2.75) is 32.1 Å². The highest BCUT2D eigenvalue weighted by molar-refractivity contribution is 6.02. The summed E-state index contributed by atoms with van der Waals surface area (Å²) in [7, 11) is 0. The second-order valence-corrected chi connectivity index (χ2v) is 4.52. The van der Waals surface area contributed by atoms with Gasteiger partial charge in [0.15, 0.2) is 0 Å². The maximum atomic E-state index is 11.4. The van der Waals surface area contributed by atoms with E-state index < -0.39 is 0 Å². The molecule has 94 valence electrons. The molecule has 1 fully saturated rings. The third-order valence-electron chi connectivity index (χ3n) is 2.96. The Morgan fingerprint density at radius 1 is 1.11 bits per heavy atom. The molecule has 0 spiro atoms. The van der Waals surface area contributed by atoms with Gasteiger partial charge in [-0.2, -0.15) is 0 Å². The van der Waals surface area contributed by atoms with Crippen LogP contribution in [-0.4, -0.2) is 17.5 Å². The number of benzene rings is 1. The van der Waals surface area contributed by atoms with Gasteiger partial charge in [0.25, 0.3) is 0 Å². The number of hydrogen-bond donors (Lipinski definition) is 0. The quantitative estimate of drug-likeness (QED) is 0.455. The molecule has 1 saturated carbocycles. The lowest BCUT2D eigenvalue weighted by Crippen LogP contribution is -2.21. The van der Waals surface area contributed by atoms with E-state index >= 15 is 0 Å². The van der Waals surface area contributed by atoms with Gasteiger partial charge in [-0.25, -0.2) is 0 Å². The lowest BCUT2D eigenvalue weighted by atomic mass is 9.83. The van der Waals surface area contributed by atoms with Gasteiger partial charge < -0.3 is 4.74 Å². The standard InChI is InChI=1S/C14H14O4/c1-9(15)18-14-4-2-10(3-5-14)11-6-12(16)8-13(17)7-11/h2-5,11H,6-8H2,1H3. The molecule has 1 aliphatic rings. The van der Waals surface area contributed by atoms with E-state index in [0.29, 0.717) is 18.6 Å². The van der Waals surface area contributed by atoms with Crippen molar-refractivity contribution in [2.75, 3.05) is 0 Å². The van der Waals surface area contributed by atoms with E-state index in [-0.39, 0.29) is 29.9 Å². The molecule has 0 unspecified atom stereocenters. The maximum Gasteiger partial charge on any atom is 0.308 e. The molecule has 2 rings (SSSR count). The van der Waals surface area contributed by atoms with Crippen LogP contribution in [0.15, 0.2) is 24.3 Å². The van der Waals surface area contributed by atoms with E-state index in [0.717, 1.165) is 5.56 Å². The molecule has 4 nitrogen and oxygen atoms in total. The first-order valence-corrected chi connectivity index (χ1v) is 5.86. The SMILES string of the molecule is CC(=O)Oc1ccc(C2CC(=O)CC(=O)C2)cc1. The highest BCUT2D eigenvalue weighted by Crippen LogP contribution is 2.30. The maximum absolute atomic E-state index is 11.4. The molecule has 0 aromatic heterocycles. The van der Waals surface area contributed by atoms with Crippen LogP contribution in [0.5, 0.6) is 5.75 Å². The fraction of sp³-hybridized carbons (Fsp3) is 0.357. The van der Waals surface area contributed by atoms with Gasteiger partial charge in [-0.3, -0.25) is 14.4 Å². The zero-order chi connectivity index (χ0) is 13.1. The first-order chi connectivity index (χ1) is 8.54. The molecule has 0 heterocycles. The largest absolute Gasteiger partial charge is 0.427 e. The van der Waals surface area contributed by atoms with E-state index in [1.165, 1.54) is 6.92 Å². The van der Waals surface area contributed by atoms with Gasteiger partial charge in [0.1, 0.15) is 17.3 Å². The molecular weight excluding hydrogens is 232 g/mol. The molecule has 0 saturated heterocycles. The highest BCUT2D eigenvalue weighted by atomic mass is 16.5. The van der Waals surface area contributed by atoms with E-state index in [1.54, 1.807) is 24.3 Å². The first-order valence-electron chi connectivity index (χ1n) is 5.86. The van der Waals surface area contributed by atoms with Crippen LogP contribution in [0.1, 0.15) is 37.7 Å². The Morgan fingerprint density at radius 3 is 2.17 bits per heavy atom. The van der Waals surface area contributed by atoms with Gasteiger partial charge in [0.05, 0.1) is 6.42 Å². The van der Waals surface area contributed by atoms with Crippen LogP contribution >= 0.6 is 0 Å². The summed E-state index contributed by atoms with van der Waals surface area (Å²) in [6.07, 6.45) is 0.902. The van der Waals surface area contributed by atoms with Crippen molar-refractivity contribution in [3.8, 4) is 5.75 Å². The zero-order valence-electron chi connectivity index (χ0n) is 10.1. The normalized spacial score (nSPS) is 16.7. The van der Waals surface area contributed by atoms with Crippen LogP contribution in [0, 0.1) is 0 Å². The lowest BCUT2D eigenvalue weighted by molar-refractivity contribution is -0.132. The number of rotatable bonds is 2. The summed E-state index contributed by atoms with van der Waals surface area (Å²) in [5.41, 5.74) is 0.937. The smallest absolute Gasteiger partial charge is 0.308 e. The molecule has 4 heteroatoms. The van der Waals surface area contributed by atoms with E-state index in [4.69, 9.17) is 4.74 Å². The van der Waals surface area contributed by atoms with Crippen LogP contribution in [0.25, 0.3) is 0 Å². The summed E-state index contributed by atoms with van der Waals surface area (Å²) in [5.74, 6) is 0.0660. The van der Waals surface area contributed by atoms with Gasteiger partial charge in [-0.15, -0.1) is 0 Å². The summed E-state index contributed by atoms with van der Waals surface area (Å²) in [6, 6.07) is 6.96. The van der Waals surface area contributed by atoms with Crippen LogP contribution in [0.2, 0.25) is 0 Å². The first kappa shape index (κ1) is 12.5. The number of esters is 1. The molecule has 0 bridgehead atoms. The molecule has 0 amide bonds. The molecule has 0 radical (unpaired) electrons. The zero-order valence-corrected chi connectivity index (χ0v) is 10.1. The van der Waals surface area contributed by atoms with E-state index in [9.17, 15) is 14.4 Å². The number of ketones is 2. The summed E-state index contributed by atoms with van der Waals surface area (Å²) in [6.45, 7) is 1.34. The second kappa shape index (κ2) is 5.12. The summed E-state index contributed by atoms with van der Waals surface area (Å²) >= 11 is 0. The molecular formula is C14H14O4. The average Bonchev–Trinajstić information content (AvgIpc) is 2.27. The molecule has 1 aromatic carbocycles. The summed E-state index contributed by atoms with van der Waals surface area (Å²) in [4.78, 5) is 33.5. The fourth-order valence-corrected chi connectivity index (χ4v) is 2.20. The van der Waals surface area contributed by atoms with Gasteiger partial charge in [0, 0.05) is 19.8 Å². The topological polar surface area (TPSA) is 60.4 Å². The third-order valence-corrected chi connectivity index (χ3v) is 2.96. The molecule has 1 aromatic rings. The third kappa shape index (κ3) is 3.03. The van der Waals surface area contributed by atoms with Crippen molar-refractivity contribution >= 4 is 17.5 Å². The Morgan fingerprint density at radius 2 is 1.67 bits per heavy atom. The minimum Gasteiger partial charge on any atom is -0.427 e. The summed E-state index contributed by atoms with van der Waals surface area (Å²) in [5, 5.41) is 0. The van der Waals surface area contributed by atoms with Crippen LogP contribution in [0.4, 0.5) is 0 Å². The van der Waals surface area contributed by atoms with Gasteiger partial charge >= 0.3 is 5.97 Å². The molecule has 0 atom stereocenters. The van der Waals surface area contributed by atoms with Gasteiger partial charge in [-0.05, 0) is 23.6 Å². The number of hydrogen-bond acceptors (Lipinski definition) is 4. The Bertz CT molecular complexity index is 471. The fourth-order valence-electron chi connectivity index (χ4n) is 2.20. The van der Waals surface area contributed by atoms with Crippen molar-refractivity contribution in [3.63, 3.8) is 0 Å². The van der Waals surface area contributed by atoms with Gasteiger partial charge in [0.2, 0.25) is 0 Å². The van der Waals surface area contributed by atoms with Crippen molar-refractivity contribution in [1.82, 2.24) is 0 Å². The number of ether oxygens (including phenoxy) is 1. The van der Waals surface area contributed by atoms with Crippen LogP contribution in [-0.2, 0) is 14.4 Å².